The molecule has 4 nitrogen and oxygen atoms in total. The van der Waals surface area contributed by atoms with E-state index in [9.17, 15) is 5.11 Å². The third-order valence-corrected chi connectivity index (χ3v) is 3.08. The number of rotatable bonds is 2. The minimum absolute atomic E-state index is 0.132. The van der Waals surface area contributed by atoms with Crippen molar-refractivity contribution >= 4 is 23.2 Å². The summed E-state index contributed by atoms with van der Waals surface area (Å²) in [5.74, 6) is 0.827. The summed E-state index contributed by atoms with van der Waals surface area (Å²) in [6, 6.07) is 11.6. The van der Waals surface area contributed by atoms with Gasteiger partial charge in [-0.15, -0.1) is 0 Å². The van der Waals surface area contributed by atoms with Crippen LogP contribution in [0.3, 0.4) is 0 Å². The Morgan fingerprint density at radius 3 is 2.40 bits per heavy atom. The molecule has 2 aromatic carbocycles. The van der Waals surface area contributed by atoms with Crippen LogP contribution >= 0.6 is 23.2 Å². The highest BCUT2D eigenvalue weighted by Crippen LogP contribution is 2.28. The average Bonchev–Trinajstić information content (AvgIpc) is 2.87. The number of hydrogen-bond donors (Lipinski definition) is 1. The van der Waals surface area contributed by atoms with Crippen molar-refractivity contribution in [1.29, 1.82) is 0 Å². The molecule has 0 saturated heterocycles. The molecule has 100 valence electrons. The molecule has 0 atom stereocenters. The lowest BCUT2D eigenvalue weighted by Gasteiger charge is -1.97. The Morgan fingerprint density at radius 2 is 1.70 bits per heavy atom. The van der Waals surface area contributed by atoms with Crippen LogP contribution in [0.4, 0.5) is 0 Å². The van der Waals surface area contributed by atoms with Gasteiger partial charge in [-0.3, -0.25) is 0 Å². The van der Waals surface area contributed by atoms with E-state index >= 15 is 0 Å². The quantitative estimate of drug-likeness (QED) is 0.761. The predicted molar refractivity (Wildman–Crippen MR) is 76.9 cm³/mol. The number of phenolic OH excluding ortho intramolecular Hbond substituents is 1. The lowest BCUT2D eigenvalue weighted by Crippen LogP contribution is -1.82. The molecule has 1 aromatic heterocycles. The maximum atomic E-state index is 9.45. The van der Waals surface area contributed by atoms with Gasteiger partial charge in [0.15, 0.2) is 0 Å². The van der Waals surface area contributed by atoms with Gasteiger partial charge in [0.25, 0.3) is 5.89 Å². The van der Waals surface area contributed by atoms with E-state index in [-0.39, 0.29) is 5.75 Å². The van der Waals surface area contributed by atoms with E-state index < -0.39 is 0 Å². The Labute approximate surface area is 124 Å². The number of aromatic nitrogens is 2. The Bertz CT molecular complexity index is 751. The number of aromatic hydroxyl groups is 1. The topological polar surface area (TPSA) is 59.2 Å². The highest BCUT2D eigenvalue weighted by atomic mass is 35.5. The lowest BCUT2D eigenvalue weighted by atomic mass is 10.2. The van der Waals surface area contributed by atoms with Gasteiger partial charge in [0.05, 0.1) is 0 Å². The lowest BCUT2D eigenvalue weighted by molar-refractivity contribution is 0.431. The predicted octanol–water partition coefficient (Wildman–Crippen LogP) is 4.42. The van der Waals surface area contributed by atoms with Gasteiger partial charge in [0.1, 0.15) is 5.75 Å². The molecule has 0 unspecified atom stereocenters. The van der Waals surface area contributed by atoms with Gasteiger partial charge in [0.2, 0.25) is 5.82 Å². The van der Waals surface area contributed by atoms with E-state index in [1.165, 1.54) is 0 Å². The molecular formula is C14H8Cl2N2O2. The van der Waals surface area contributed by atoms with Crippen LogP contribution in [-0.4, -0.2) is 15.2 Å². The zero-order valence-corrected chi connectivity index (χ0v) is 11.6. The number of benzene rings is 2. The average molecular weight is 307 g/mol. The van der Waals surface area contributed by atoms with Gasteiger partial charge in [0, 0.05) is 21.2 Å². The van der Waals surface area contributed by atoms with Crippen LogP contribution in [-0.2, 0) is 0 Å². The molecule has 6 heteroatoms. The van der Waals surface area contributed by atoms with Crippen molar-refractivity contribution in [1.82, 2.24) is 10.1 Å². The van der Waals surface area contributed by atoms with Gasteiger partial charge in [-0.25, -0.2) is 0 Å². The van der Waals surface area contributed by atoms with Crippen molar-refractivity contribution in [3.05, 3.63) is 52.5 Å². The molecule has 0 spiro atoms. The molecule has 0 fully saturated rings. The van der Waals surface area contributed by atoms with E-state index in [0.717, 1.165) is 0 Å². The van der Waals surface area contributed by atoms with Gasteiger partial charge >= 0.3 is 0 Å². The van der Waals surface area contributed by atoms with Crippen LogP contribution in [0.2, 0.25) is 10.0 Å². The van der Waals surface area contributed by atoms with Crippen LogP contribution in [0.5, 0.6) is 5.75 Å². The molecule has 0 radical (unpaired) electrons. The zero-order valence-electron chi connectivity index (χ0n) is 10.0. The summed E-state index contributed by atoms with van der Waals surface area (Å²) in [6.07, 6.45) is 0. The van der Waals surface area contributed by atoms with Crippen LogP contribution in [0.25, 0.3) is 22.8 Å². The monoisotopic (exact) mass is 306 g/mol. The fourth-order valence-electron chi connectivity index (χ4n) is 1.78. The molecule has 0 bridgehead atoms. The summed E-state index contributed by atoms with van der Waals surface area (Å²) in [5, 5.41) is 14.3. The maximum Gasteiger partial charge on any atom is 0.258 e. The zero-order chi connectivity index (χ0) is 14.1. The summed E-state index contributed by atoms with van der Waals surface area (Å²) < 4.78 is 5.18. The molecule has 0 saturated carbocycles. The van der Waals surface area contributed by atoms with Gasteiger partial charge < -0.3 is 9.63 Å². The van der Waals surface area contributed by atoms with Crippen molar-refractivity contribution in [2.75, 3.05) is 0 Å². The number of nitrogens with zero attached hydrogens (tertiary/aromatic N) is 2. The smallest absolute Gasteiger partial charge is 0.258 e. The summed E-state index contributed by atoms with van der Waals surface area (Å²) in [6.45, 7) is 0. The Kier molecular flexibility index (Phi) is 3.34. The van der Waals surface area contributed by atoms with E-state index in [1.807, 2.05) is 0 Å². The van der Waals surface area contributed by atoms with Crippen molar-refractivity contribution in [2.24, 2.45) is 0 Å². The summed E-state index contributed by atoms with van der Waals surface area (Å²) in [7, 11) is 0. The first-order chi connectivity index (χ1) is 9.61. The molecular weight excluding hydrogens is 299 g/mol. The highest BCUT2D eigenvalue weighted by molar-refractivity contribution is 6.35. The molecule has 1 N–H and O–H groups in total. The number of hydrogen-bond acceptors (Lipinski definition) is 4. The van der Waals surface area contributed by atoms with Crippen molar-refractivity contribution < 1.29 is 9.63 Å². The molecule has 0 aliphatic heterocycles. The first-order valence-electron chi connectivity index (χ1n) is 5.71. The third-order valence-electron chi connectivity index (χ3n) is 2.64. The molecule has 3 rings (SSSR count). The first kappa shape index (κ1) is 13.0. The minimum atomic E-state index is 0.132. The van der Waals surface area contributed by atoms with Gasteiger partial charge in [-0.05, 0) is 36.4 Å². The van der Waals surface area contributed by atoms with E-state index in [0.29, 0.717) is 32.9 Å². The van der Waals surface area contributed by atoms with Crippen LogP contribution in [0, 0.1) is 0 Å². The van der Waals surface area contributed by atoms with E-state index in [4.69, 9.17) is 27.7 Å². The highest BCUT2D eigenvalue weighted by Gasteiger charge is 2.12. The second-order valence-corrected chi connectivity index (χ2v) is 5.00. The molecule has 0 amide bonds. The maximum absolute atomic E-state index is 9.45. The van der Waals surface area contributed by atoms with Crippen molar-refractivity contribution in [3.63, 3.8) is 0 Å². The van der Waals surface area contributed by atoms with Crippen molar-refractivity contribution in [3.8, 4) is 28.6 Å². The second-order valence-electron chi connectivity index (χ2n) is 4.13. The molecule has 0 aliphatic rings. The summed E-state index contributed by atoms with van der Waals surface area (Å²) >= 11 is 11.9. The van der Waals surface area contributed by atoms with Crippen LogP contribution in [0.15, 0.2) is 47.0 Å². The minimum Gasteiger partial charge on any atom is -0.508 e. The SMILES string of the molecule is Oc1cccc(-c2nc(-c3cc(Cl)cc(Cl)c3)no2)c1. The molecule has 3 aromatic rings. The summed E-state index contributed by atoms with van der Waals surface area (Å²) in [5.41, 5.74) is 1.30. The largest absolute Gasteiger partial charge is 0.508 e. The van der Waals surface area contributed by atoms with E-state index in [2.05, 4.69) is 10.1 Å². The van der Waals surface area contributed by atoms with Crippen LogP contribution < -0.4 is 0 Å². The van der Waals surface area contributed by atoms with Crippen LogP contribution in [0.1, 0.15) is 0 Å². The normalized spacial score (nSPS) is 10.7. The standard InChI is InChI=1S/C14H8Cl2N2O2/c15-10-4-9(5-11(16)7-10)13-17-14(20-18-13)8-2-1-3-12(19)6-8/h1-7,19H. The molecule has 0 aliphatic carbocycles. The number of halogens is 2. The number of phenols is 1. The second kappa shape index (κ2) is 5.15. The molecule has 1 heterocycles. The van der Waals surface area contributed by atoms with Gasteiger partial charge in [-0.2, -0.15) is 4.98 Å². The first-order valence-corrected chi connectivity index (χ1v) is 6.47. The Morgan fingerprint density at radius 1 is 0.950 bits per heavy atom. The molecule has 20 heavy (non-hydrogen) atoms. The Hall–Kier alpha value is -2.04. The van der Waals surface area contributed by atoms with E-state index in [1.54, 1.807) is 42.5 Å². The van der Waals surface area contributed by atoms with Gasteiger partial charge in [-0.1, -0.05) is 34.4 Å². The third kappa shape index (κ3) is 2.61. The summed E-state index contributed by atoms with van der Waals surface area (Å²) in [4.78, 5) is 4.27. The fourth-order valence-corrected chi connectivity index (χ4v) is 2.31. The van der Waals surface area contributed by atoms with Crippen molar-refractivity contribution in [2.45, 2.75) is 0 Å². The fraction of sp³-hybridized carbons (Fsp3) is 0. The Balaban J connectivity index is 2.02.